The van der Waals surface area contributed by atoms with Crippen molar-refractivity contribution in [2.24, 2.45) is 5.92 Å². The van der Waals surface area contributed by atoms with Crippen LogP contribution in [0.4, 0.5) is 13.2 Å². The van der Waals surface area contributed by atoms with Crippen LogP contribution in [0.2, 0.25) is 0 Å². The Morgan fingerprint density at radius 3 is 2.62 bits per heavy atom. The van der Waals surface area contributed by atoms with Gasteiger partial charge in [0.15, 0.2) is 0 Å². The van der Waals surface area contributed by atoms with Crippen LogP contribution in [0.25, 0.3) is 0 Å². The smallest absolute Gasteiger partial charge is 0.377 e. The fraction of sp³-hybridized carbons (Fsp3) is 0.778. The molecule has 8 heteroatoms. The molecule has 1 aliphatic heterocycles. The Hall–Kier alpha value is -1.57. The van der Waals surface area contributed by atoms with E-state index in [-0.39, 0.29) is 11.9 Å². The highest BCUT2D eigenvalue weighted by Gasteiger charge is 2.36. The van der Waals surface area contributed by atoms with Crippen LogP contribution in [0.3, 0.4) is 0 Å². The Balaban J connectivity index is 1.82. The largest absolute Gasteiger partial charge is 0.408 e. The van der Waals surface area contributed by atoms with Gasteiger partial charge < -0.3 is 9.64 Å². The van der Waals surface area contributed by atoms with Crippen molar-refractivity contribution in [3.63, 3.8) is 0 Å². The third kappa shape index (κ3) is 4.22. The molecule has 0 radical (unpaired) electrons. The van der Waals surface area contributed by atoms with E-state index in [1.54, 1.807) is 18.7 Å². The molecule has 2 fully saturated rings. The molecule has 0 unspecified atom stereocenters. The number of aromatic nitrogens is 2. The van der Waals surface area contributed by atoms with Gasteiger partial charge in [-0.2, -0.15) is 18.3 Å². The molecule has 0 N–H and O–H groups in total. The average molecular weight is 373 g/mol. The number of halogens is 3. The maximum absolute atomic E-state index is 12.9. The van der Waals surface area contributed by atoms with Crippen molar-refractivity contribution in [2.75, 3.05) is 19.8 Å². The van der Waals surface area contributed by atoms with E-state index in [9.17, 15) is 18.0 Å². The summed E-state index contributed by atoms with van der Waals surface area (Å²) in [5, 5.41) is 4.07. The maximum Gasteiger partial charge on any atom is 0.408 e. The van der Waals surface area contributed by atoms with Crippen LogP contribution >= 0.6 is 0 Å². The molecule has 2 heterocycles. The van der Waals surface area contributed by atoms with Crippen LogP contribution in [0.5, 0.6) is 0 Å². The van der Waals surface area contributed by atoms with Gasteiger partial charge in [-0.3, -0.25) is 9.48 Å². The van der Waals surface area contributed by atoms with Crippen molar-refractivity contribution in [1.29, 1.82) is 0 Å². The van der Waals surface area contributed by atoms with E-state index >= 15 is 0 Å². The fourth-order valence-electron chi connectivity index (χ4n) is 4.24. The first-order chi connectivity index (χ1) is 12.3. The lowest BCUT2D eigenvalue weighted by molar-refractivity contribution is -0.143. The van der Waals surface area contributed by atoms with Crippen LogP contribution in [0.15, 0.2) is 0 Å². The predicted octanol–water partition coefficient (Wildman–Crippen LogP) is 3.54. The molecular formula is C18H26F3N3O2. The van der Waals surface area contributed by atoms with Gasteiger partial charge >= 0.3 is 6.18 Å². The number of carbonyl (C=O) groups is 1. The van der Waals surface area contributed by atoms with Gasteiger partial charge in [0.2, 0.25) is 5.91 Å². The maximum atomic E-state index is 12.9. The summed E-state index contributed by atoms with van der Waals surface area (Å²) >= 11 is 0. The summed E-state index contributed by atoms with van der Waals surface area (Å²) in [4.78, 5) is 14.6. The molecule has 1 aromatic rings. The highest BCUT2D eigenvalue weighted by atomic mass is 19.4. The van der Waals surface area contributed by atoms with Gasteiger partial charge in [0.25, 0.3) is 0 Å². The molecule has 1 amide bonds. The van der Waals surface area contributed by atoms with Crippen molar-refractivity contribution in [3.05, 3.63) is 17.0 Å². The van der Waals surface area contributed by atoms with Crippen LogP contribution in [0, 0.1) is 19.8 Å². The summed E-state index contributed by atoms with van der Waals surface area (Å²) in [6, 6.07) is -0.361. The normalized spacial score (nSPS) is 22.2. The van der Waals surface area contributed by atoms with E-state index in [4.69, 9.17) is 4.74 Å². The van der Waals surface area contributed by atoms with Gasteiger partial charge in [0.1, 0.15) is 6.54 Å². The fourth-order valence-corrected chi connectivity index (χ4v) is 4.24. The lowest BCUT2D eigenvalue weighted by Crippen LogP contribution is -2.44. The number of hydrogen-bond donors (Lipinski definition) is 0. The second kappa shape index (κ2) is 7.58. The van der Waals surface area contributed by atoms with Crippen LogP contribution in [-0.2, 0) is 16.1 Å². The zero-order valence-corrected chi connectivity index (χ0v) is 15.3. The Morgan fingerprint density at radius 1 is 1.27 bits per heavy atom. The molecule has 3 rings (SSSR count). The lowest BCUT2D eigenvalue weighted by atomic mass is 9.99. The number of amides is 1. The lowest BCUT2D eigenvalue weighted by Gasteiger charge is -2.36. The van der Waals surface area contributed by atoms with Crippen LogP contribution in [0.1, 0.15) is 55.1 Å². The topological polar surface area (TPSA) is 47.4 Å². The molecule has 0 spiro atoms. The van der Waals surface area contributed by atoms with Crippen molar-refractivity contribution in [1.82, 2.24) is 14.7 Å². The van der Waals surface area contributed by atoms with Crippen LogP contribution in [-0.4, -0.2) is 46.5 Å². The molecule has 0 bridgehead atoms. The number of morpholine rings is 1. The zero-order chi connectivity index (χ0) is 18.9. The molecule has 5 nitrogen and oxygen atoms in total. The van der Waals surface area contributed by atoms with Crippen molar-refractivity contribution >= 4 is 5.91 Å². The van der Waals surface area contributed by atoms with E-state index in [1.807, 2.05) is 0 Å². The van der Waals surface area contributed by atoms with E-state index in [2.05, 4.69) is 5.10 Å². The van der Waals surface area contributed by atoms with Crippen LogP contribution < -0.4 is 0 Å². The minimum atomic E-state index is -4.33. The Kier molecular flexibility index (Phi) is 5.60. The number of nitrogens with zero attached hydrogens (tertiary/aromatic N) is 3. The second-order valence-corrected chi connectivity index (χ2v) is 7.39. The number of hydrogen-bond acceptors (Lipinski definition) is 3. The summed E-state index contributed by atoms with van der Waals surface area (Å²) in [6.07, 6.45) is 0.706. The minimum Gasteiger partial charge on any atom is -0.377 e. The van der Waals surface area contributed by atoms with Crippen molar-refractivity contribution in [2.45, 2.75) is 64.7 Å². The van der Waals surface area contributed by atoms with E-state index in [0.29, 0.717) is 49.0 Å². The number of ether oxygens (including phenoxy) is 1. The van der Waals surface area contributed by atoms with Gasteiger partial charge in [-0.05, 0) is 32.6 Å². The molecular weight excluding hydrogens is 347 g/mol. The summed E-state index contributed by atoms with van der Waals surface area (Å²) in [5.41, 5.74) is 1.67. The molecule has 1 aromatic heterocycles. The minimum absolute atomic E-state index is 0.0765. The molecule has 1 aliphatic carbocycles. The first-order valence-electron chi connectivity index (χ1n) is 9.24. The van der Waals surface area contributed by atoms with Crippen molar-refractivity contribution in [3.8, 4) is 0 Å². The van der Waals surface area contributed by atoms with Gasteiger partial charge in [-0.25, -0.2) is 0 Å². The van der Waals surface area contributed by atoms with Gasteiger partial charge in [0.05, 0.1) is 24.9 Å². The molecule has 1 saturated heterocycles. The third-order valence-electron chi connectivity index (χ3n) is 5.49. The second-order valence-electron chi connectivity index (χ2n) is 7.39. The zero-order valence-electron chi connectivity index (χ0n) is 15.3. The number of rotatable bonds is 4. The SMILES string of the molecule is Cc1nn(CC(F)(F)F)c(C)c1[C@@H]1COCCN1C(=O)CC1CCCC1. The Bertz CT molecular complexity index is 651. The summed E-state index contributed by atoms with van der Waals surface area (Å²) in [6.45, 7) is 3.44. The van der Waals surface area contributed by atoms with Gasteiger partial charge in [0, 0.05) is 24.2 Å². The highest BCUT2D eigenvalue weighted by Crippen LogP contribution is 2.33. The first kappa shape index (κ1) is 19.2. The molecule has 26 heavy (non-hydrogen) atoms. The Labute approximate surface area is 151 Å². The van der Waals surface area contributed by atoms with Gasteiger partial charge in [-0.15, -0.1) is 0 Å². The average Bonchev–Trinajstić information content (AvgIpc) is 3.15. The predicted molar refractivity (Wildman–Crippen MR) is 89.6 cm³/mol. The molecule has 146 valence electrons. The van der Waals surface area contributed by atoms with Gasteiger partial charge in [-0.1, -0.05) is 12.8 Å². The summed E-state index contributed by atoms with van der Waals surface area (Å²) < 4.78 is 44.9. The van der Waals surface area contributed by atoms with E-state index < -0.39 is 12.7 Å². The molecule has 1 atom stereocenters. The Morgan fingerprint density at radius 2 is 1.96 bits per heavy atom. The van der Waals surface area contributed by atoms with E-state index in [1.165, 1.54) is 12.8 Å². The summed E-state index contributed by atoms with van der Waals surface area (Å²) in [7, 11) is 0. The molecule has 0 aromatic carbocycles. The number of carbonyl (C=O) groups excluding carboxylic acids is 1. The highest BCUT2D eigenvalue weighted by molar-refractivity contribution is 5.77. The molecule has 1 saturated carbocycles. The summed E-state index contributed by atoms with van der Waals surface area (Å²) in [5.74, 6) is 0.508. The third-order valence-corrected chi connectivity index (χ3v) is 5.49. The quantitative estimate of drug-likeness (QED) is 0.811. The number of alkyl halides is 3. The van der Waals surface area contributed by atoms with E-state index in [0.717, 1.165) is 17.5 Å². The monoisotopic (exact) mass is 373 g/mol. The number of aryl methyl sites for hydroxylation is 1. The standard InChI is InChI=1S/C18H26F3N3O2/c1-12-17(13(2)24(22-12)11-18(19,20)21)15-10-26-8-7-23(15)16(25)9-14-5-3-4-6-14/h14-15H,3-11H2,1-2H3/t15-/m0/s1. The molecule has 2 aliphatic rings. The first-order valence-corrected chi connectivity index (χ1v) is 9.24. The van der Waals surface area contributed by atoms with Crippen molar-refractivity contribution < 1.29 is 22.7 Å².